The summed E-state index contributed by atoms with van der Waals surface area (Å²) in [5.74, 6) is -1.78. The van der Waals surface area contributed by atoms with Gasteiger partial charge in [-0.25, -0.2) is 13.8 Å². The predicted octanol–water partition coefficient (Wildman–Crippen LogP) is 4.96. The number of nitrogens with zero attached hydrogens (tertiary/aromatic N) is 5. The maximum atomic E-state index is 14.0. The third-order valence-corrected chi connectivity index (χ3v) is 5.61. The molecule has 172 valence electrons. The molecule has 0 bridgehead atoms. The molecule has 0 saturated carbocycles. The minimum Gasteiger partial charge on any atom is -0.415 e. The van der Waals surface area contributed by atoms with E-state index < -0.39 is 23.1 Å². The van der Waals surface area contributed by atoms with Crippen LogP contribution in [0.2, 0.25) is 0 Å². The first kappa shape index (κ1) is 21.6. The highest BCUT2D eigenvalue weighted by atomic mass is 19.1. The van der Waals surface area contributed by atoms with Gasteiger partial charge in [0.25, 0.3) is 11.8 Å². The molecule has 5 rings (SSSR count). The van der Waals surface area contributed by atoms with E-state index in [0.717, 1.165) is 23.3 Å². The predicted molar refractivity (Wildman–Crippen MR) is 122 cm³/mol. The van der Waals surface area contributed by atoms with Gasteiger partial charge < -0.3 is 9.32 Å². The lowest BCUT2D eigenvalue weighted by atomic mass is 10.0. The second kappa shape index (κ2) is 8.93. The highest BCUT2D eigenvalue weighted by molar-refractivity contribution is 5.95. The van der Waals surface area contributed by atoms with E-state index in [1.54, 1.807) is 13.1 Å². The van der Waals surface area contributed by atoms with Gasteiger partial charge in [-0.05, 0) is 43.2 Å². The molecule has 4 aromatic rings. The molecule has 2 aromatic carbocycles. The van der Waals surface area contributed by atoms with Gasteiger partial charge in [0.1, 0.15) is 22.9 Å². The molecule has 34 heavy (non-hydrogen) atoms. The summed E-state index contributed by atoms with van der Waals surface area (Å²) in [5.41, 5.74) is 2.85. The Bertz CT molecular complexity index is 1390. The summed E-state index contributed by atoms with van der Waals surface area (Å²) in [6.45, 7) is 2.30. The fraction of sp³-hybridized carbons (Fsp3) is 0.160. The Morgan fingerprint density at radius 3 is 2.47 bits per heavy atom. The standard InChI is InChI=1S/C25H19F2N5O2.H2/c1-15-22(24-31-30-23(34-24)17-6-3-2-4-7-17)29-20(14-28-15)16-10-12-32(13-11-16)25(33)21-18(26)8-5-9-19(21)27;/h2-10,14H,11-13H2,1H3;1H. The zero-order valence-corrected chi connectivity index (χ0v) is 18.2. The number of hydrogen-bond donors (Lipinski definition) is 0. The van der Waals surface area contributed by atoms with Crippen LogP contribution in [0.15, 0.2) is 65.2 Å². The Kier molecular flexibility index (Phi) is 5.67. The lowest BCUT2D eigenvalue weighted by Crippen LogP contribution is -2.35. The molecule has 0 fully saturated rings. The van der Waals surface area contributed by atoms with E-state index >= 15 is 0 Å². The van der Waals surface area contributed by atoms with Gasteiger partial charge in [-0.1, -0.05) is 30.3 Å². The van der Waals surface area contributed by atoms with Crippen LogP contribution in [0.3, 0.4) is 0 Å². The maximum Gasteiger partial charge on any atom is 0.268 e. The quantitative estimate of drug-likeness (QED) is 0.427. The van der Waals surface area contributed by atoms with Crippen molar-refractivity contribution in [3.8, 4) is 23.0 Å². The van der Waals surface area contributed by atoms with Crippen LogP contribution in [0.25, 0.3) is 28.6 Å². The number of hydrogen-bond acceptors (Lipinski definition) is 6. The van der Waals surface area contributed by atoms with Gasteiger partial charge in [0, 0.05) is 20.1 Å². The first-order valence-corrected chi connectivity index (χ1v) is 10.7. The van der Waals surface area contributed by atoms with Crippen molar-refractivity contribution in [2.45, 2.75) is 13.3 Å². The molecular weight excluding hydrogens is 440 g/mol. The largest absolute Gasteiger partial charge is 0.415 e. The van der Waals surface area contributed by atoms with Gasteiger partial charge in [0.2, 0.25) is 5.89 Å². The zero-order chi connectivity index (χ0) is 23.7. The van der Waals surface area contributed by atoms with E-state index in [2.05, 4.69) is 20.2 Å². The number of aryl methyl sites for hydroxylation is 1. The van der Waals surface area contributed by atoms with E-state index in [1.807, 2.05) is 36.4 Å². The van der Waals surface area contributed by atoms with Crippen molar-refractivity contribution in [1.82, 2.24) is 25.1 Å². The van der Waals surface area contributed by atoms with Crippen LogP contribution in [0, 0.1) is 18.6 Å². The minimum atomic E-state index is -0.872. The van der Waals surface area contributed by atoms with E-state index in [9.17, 15) is 13.6 Å². The number of aromatic nitrogens is 4. The molecule has 2 aromatic heterocycles. The second-order valence-corrected chi connectivity index (χ2v) is 7.79. The van der Waals surface area contributed by atoms with Gasteiger partial charge in [-0.2, -0.15) is 0 Å². The van der Waals surface area contributed by atoms with Crippen LogP contribution < -0.4 is 0 Å². The van der Waals surface area contributed by atoms with Crippen LogP contribution in [-0.4, -0.2) is 44.1 Å². The van der Waals surface area contributed by atoms with Crippen LogP contribution in [-0.2, 0) is 0 Å². The zero-order valence-electron chi connectivity index (χ0n) is 18.2. The van der Waals surface area contributed by atoms with Crippen molar-refractivity contribution in [2.75, 3.05) is 13.1 Å². The number of carbonyl (C=O) groups is 1. The summed E-state index contributed by atoms with van der Waals surface area (Å²) >= 11 is 0. The molecule has 0 atom stereocenters. The average molecular weight is 461 g/mol. The van der Waals surface area contributed by atoms with Crippen molar-refractivity contribution in [3.05, 3.63) is 89.4 Å². The molecule has 3 heterocycles. The molecule has 0 saturated heterocycles. The van der Waals surface area contributed by atoms with E-state index in [4.69, 9.17) is 4.42 Å². The molecule has 0 N–H and O–H groups in total. The highest BCUT2D eigenvalue weighted by Crippen LogP contribution is 2.28. The topological polar surface area (TPSA) is 85.0 Å². The number of carbonyl (C=O) groups excluding carboxylic acids is 1. The molecule has 0 spiro atoms. The maximum absolute atomic E-state index is 14.0. The Morgan fingerprint density at radius 2 is 1.76 bits per heavy atom. The first-order chi connectivity index (χ1) is 16.5. The van der Waals surface area contributed by atoms with Gasteiger partial charge in [-0.3, -0.25) is 9.78 Å². The van der Waals surface area contributed by atoms with Gasteiger partial charge in [0.05, 0.1) is 17.6 Å². The second-order valence-electron chi connectivity index (χ2n) is 7.79. The van der Waals surface area contributed by atoms with Crippen molar-refractivity contribution in [2.24, 2.45) is 0 Å². The van der Waals surface area contributed by atoms with E-state index in [-0.39, 0.29) is 13.9 Å². The summed E-state index contributed by atoms with van der Waals surface area (Å²) in [4.78, 5) is 23.2. The van der Waals surface area contributed by atoms with Gasteiger partial charge in [0.15, 0.2) is 0 Å². The number of rotatable bonds is 4. The monoisotopic (exact) mass is 461 g/mol. The summed E-state index contributed by atoms with van der Waals surface area (Å²) in [6, 6.07) is 12.8. The average Bonchev–Trinajstić information content (AvgIpc) is 3.35. The van der Waals surface area contributed by atoms with Crippen molar-refractivity contribution in [3.63, 3.8) is 0 Å². The Balaban J connectivity index is 0.00000289. The third-order valence-electron chi connectivity index (χ3n) is 5.61. The smallest absolute Gasteiger partial charge is 0.268 e. The molecule has 0 unspecified atom stereocenters. The molecule has 1 aliphatic heterocycles. The lowest BCUT2D eigenvalue weighted by Gasteiger charge is -2.26. The summed E-state index contributed by atoms with van der Waals surface area (Å²) < 4.78 is 33.9. The summed E-state index contributed by atoms with van der Waals surface area (Å²) in [7, 11) is 0. The lowest BCUT2D eigenvalue weighted by molar-refractivity contribution is 0.0763. The van der Waals surface area contributed by atoms with Crippen LogP contribution in [0.1, 0.15) is 29.6 Å². The van der Waals surface area contributed by atoms with Crippen molar-refractivity contribution in [1.29, 1.82) is 0 Å². The molecule has 0 radical (unpaired) electrons. The van der Waals surface area contributed by atoms with Crippen LogP contribution in [0.5, 0.6) is 0 Å². The van der Waals surface area contributed by atoms with Gasteiger partial charge >= 0.3 is 0 Å². The van der Waals surface area contributed by atoms with Gasteiger partial charge in [-0.15, -0.1) is 10.2 Å². The molecular formula is C25H21F2N5O2. The molecule has 9 heteroatoms. The Hall–Kier alpha value is -4.27. The normalized spacial score (nSPS) is 13.6. The summed E-state index contributed by atoms with van der Waals surface area (Å²) in [6.07, 6.45) is 3.91. The number of halogens is 2. The summed E-state index contributed by atoms with van der Waals surface area (Å²) in [5, 5.41) is 8.25. The van der Waals surface area contributed by atoms with Crippen molar-refractivity contribution >= 4 is 11.5 Å². The minimum absolute atomic E-state index is 0. The Labute approximate surface area is 195 Å². The third kappa shape index (κ3) is 4.07. The first-order valence-electron chi connectivity index (χ1n) is 10.7. The highest BCUT2D eigenvalue weighted by Gasteiger charge is 2.25. The van der Waals surface area contributed by atoms with Crippen LogP contribution >= 0.6 is 0 Å². The fourth-order valence-corrected chi connectivity index (χ4v) is 3.77. The van der Waals surface area contributed by atoms with E-state index in [0.29, 0.717) is 35.9 Å². The molecule has 1 aliphatic rings. The molecule has 0 aliphatic carbocycles. The number of benzene rings is 2. The van der Waals surface area contributed by atoms with Crippen molar-refractivity contribution < 1.29 is 19.4 Å². The van der Waals surface area contributed by atoms with Crippen LogP contribution in [0.4, 0.5) is 8.78 Å². The molecule has 1 amide bonds. The molecule has 7 nitrogen and oxygen atoms in total. The fourth-order valence-electron chi connectivity index (χ4n) is 3.77. The van der Waals surface area contributed by atoms with E-state index in [1.165, 1.54) is 11.0 Å². The Morgan fingerprint density at radius 1 is 1.03 bits per heavy atom. The number of amides is 1. The SMILES string of the molecule is Cc1ncc(C2=CCN(C(=O)c3c(F)cccc3F)CC2)nc1-c1nnc(-c2ccccc2)o1.[HH].